The molecule has 0 aliphatic carbocycles. The van der Waals surface area contributed by atoms with Crippen LogP contribution in [0, 0.1) is 10.1 Å². The average Bonchev–Trinajstić information content (AvgIpc) is 2.37. The van der Waals surface area contributed by atoms with Gasteiger partial charge in [0.2, 0.25) is 0 Å². The third-order valence-corrected chi connectivity index (χ3v) is 4.09. The van der Waals surface area contributed by atoms with E-state index in [1.54, 1.807) is 30.5 Å². The monoisotopic (exact) mass is 386 g/mol. The first-order chi connectivity index (χ1) is 9.00. The van der Waals surface area contributed by atoms with Crippen molar-refractivity contribution >= 4 is 37.5 Å². The van der Waals surface area contributed by atoms with Crippen LogP contribution in [0.15, 0.2) is 50.3 Å². The Morgan fingerprint density at radius 2 is 1.95 bits per heavy atom. The van der Waals surface area contributed by atoms with E-state index in [0.717, 1.165) is 0 Å². The molecule has 0 aliphatic rings. The van der Waals surface area contributed by atoms with E-state index in [-0.39, 0.29) is 17.8 Å². The molecule has 0 amide bonds. The summed E-state index contributed by atoms with van der Waals surface area (Å²) in [7, 11) is 0. The van der Waals surface area contributed by atoms with Gasteiger partial charge in [-0.1, -0.05) is 12.1 Å². The normalized spacial score (nSPS) is 10.4. The van der Waals surface area contributed by atoms with E-state index in [4.69, 9.17) is 0 Å². The highest BCUT2D eigenvalue weighted by Gasteiger charge is 2.15. The van der Waals surface area contributed by atoms with Gasteiger partial charge >= 0.3 is 0 Å². The molecule has 0 aliphatic heterocycles. The number of pyridine rings is 1. The van der Waals surface area contributed by atoms with Crippen LogP contribution in [0.1, 0.15) is 5.56 Å². The largest absolute Gasteiger partial charge is 0.310 e. The van der Waals surface area contributed by atoms with Crippen LogP contribution in [0.4, 0.5) is 5.69 Å². The number of hydrogen-bond donors (Lipinski definition) is 0. The minimum absolute atomic E-state index is 0.0134. The van der Waals surface area contributed by atoms with Crippen molar-refractivity contribution in [3.05, 3.63) is 71.5 Å². The highest BCUT2D eigenvalue weighted by Crippen LogP contribution is 2.28. The van der Waals surface area contributed by atoms with Crippen LogP contribution in [0.2, 0.25) is 0 Å². The molecule has 0 saturated heterocycles. The second-order valence-electron chi connectivity index (χ2n) is 3.80. The fraction of sp³-hybridized carbons (Fsp3) is 0.0833. The number of hydrogen-bond acceptors (Lipinski definition) is 3. The maximum atomic E-state index is 11.9. The lowest BCUT2D eigenvalue weighted by Gasteiger charge is -2.08. The molecule has 98 valence electrons. The van der Waals surface area contributed by atoms with E-state index in [1.807, 2.05) is 0 Å². The zero-order valence-electron chi connectivity index (χ0n) is 9.55. The number of aromatic nitrogens is 1. The summed E-state index contributed by atoms with van der Waals surface area (Å²) in [5.74, 6) is 0. The fourth-order valence-electron chi connectivity index (χ4n) is 1.64. The van der Waals surface area contributed by atoms with Gasteiger partial charge in [0.15, 0.2) is 0 Å². The van der Waals surface area contributed by atoms with Crippen LogP contribution in [0.25, 0.3) is 0 Å². The van der Waals surface area contributed by atoms with E-state index in [1.165, 1.54) is 10.6 Å². The zero-order chi connectivity index (χ0) is 14.0. The van der Waals surface area contributed by atoms with Gasteiger partial charge in [-0.2, -0.15) is 0 Å². The summed E-state index contributed by atoms with van der Waals surface area (Å²) in [4.78, 5) is 22.3. The van der Waals surface area contributed by atoms with E-state index < -0.39 is 4.92 Å². The number of nitro benzene ring substituents is 1. The Balaban J connectivity index is 2.45. The van der Waals surface area contributed by atoms with Gasteiger partial charge in [0.1, 0.15) is 4.47 Å². The van der Waals surface area contributed by atoms with Gasteiger partial charge in [-0.05, 0) is 49.6 Å². The molecule has 7 heteroatoms. The summed E-state index contributed by atoms with van der Waals surface area (Å²) in [6, 6.07) is 8.14. The summed E-state index contributed by atoms with van der Waals surface area (Å²) in [6.07, 6.45) is 1.64. The Labute approximate surface area is 125 Å². The van der Waals surface area contributed by atoms with Crippen LogP contribution >= 0.6 is 31.9 Å². The molecule has 0 N–H and O–H groups in total. The van der Waals surface area contributed by atoms with Crippen LogP contribution in [-0.2, 0) is 6.54 Å². The van der Waals surface area contributed by atoms with Gasteiger partial charge in [0.25, 0.3) is 11.2 Å². The molecule has 0 spiro atoms. The van der Waals surface area contributed by atoms with Gasteiger partial charge < -0.3 is 4.57 Å². The van der Waals surface area contributed by atoms with Gasteiger partial charge in [0.05, 0.1) is 15.9 Å². The quantitative estimate of drug-likeness (QED) is 0.599. The lowest BCUT2D eigenvalue weighted by molar-refractivity contribution is -0.385. The predicted molar refractivity (Wildman–Crippen MR) is 78.3 cm³/mol. The Bertz CT molecular complexity index is 698. The van der Waals surface area contributed by atoms with Gasteiger partial charge in [-0.3, -0.25) is 14.9 Å². The third kappa shape index (κ3) is 2.93. The standard InChI is InChI=1S/C12H8Br2N2O3/c13-9-4-2-6-15(12(9)17)7-8-3-1-5-10(11(8)14)16(18)19/h1-6H,7H2. The fourth-order valence-corrected chi connectivity index (χ4v) is 2.56. The smallest absolute Gasteiger partial charge is 0.283 e. The van der Waals surface area contributed by atoms with Crippen molar-refractivity contribution in [1.29, 1.82) is 0 Å². The van der Waals surface area contributed by atoms with Gasteiger partial charge in [0, 0.05) is 12.3 Å². The first kappa shape index (κ1) is 14.0. The molecule has 0 saturated carbocycles. The SMILES string of the molecule is O=c1c(Br)cccn1Cc1cccc([N+](=O)[O-])c1Br. The van der Waals surface area contributed by atoms with Crippen LogP contribution in [0.5, 0.6) is 0 Å². The highest BCUT2D eigenvalue weighted by molar-refractivity contribution is 9.10. The molecule has 2 aromatic rings. The van der Waals surface area contributed by atoms with E-state index in [2.05, 4.69) is 31.9 Å². The molecule has 1 aromatic heterocycles. The van der Waals surface area contributed by atoms with Gasteiger partial charge in [-0.15, -0.1) is 0 Å². The number of rotatable bonds is 3. The number of nitro groups is 1. The molecule has 1 heterocycles. The Hall–Kier alpha value is -1.47. The summed E-state index contributed by atoms with van der Waals surface area (Å²) < 4.78 is 2.33. The molecule has 1 aromatic carbocycles. The molecule has 0 unspecified atom stereocenters. The van der Waals surface area contributed by atoms with Crippen molar-refractivity contribution in [2.75, 3.05) is 0 Å². The molecule has 2 rings (SSSR count). The summed E-state index contributed by atoms with van der Waals surface area (Å²) in [6.45, 7) is 0.264. The minimum Gasteiger partial charge on any atom is -0.310 e. The Morgan fingerprint density at radius 3 is 2.63 bits per heavy atom. The van der Waals surface area contributed by atoms with Crippen molar-refractivity contribution in [3.8, 4) is 0 Å². The van der Waals surface area contributed by atoms with Crippen molar-refractivity contribution in [2.24, 2.45) is 0 Å². The zero-order valence-corrected chi connectivity index (χ0v) is 12.7. The van der Waals surface area contributed by atoms with Crippen LogP contribution in [-0.4, -0.2) is 9.49 Å². The van der Waals surface area contributed by atoms with Crippen molar-refractivity contribution in [3.63, 3.8) is 0 Å². The maximum Gasteiger partial charge on any atom is 0.283 e. The molecule has 0 fully saturated rings. The Morgan fingerprint density at radius 1 is 1.21 bits per heavy atom. The number of benzene rings is 1. The Kier molecular flexibility index (Phi) is 4.16. The van der Waals surface area contributed by atoms with Gasteiger partial charge in [-0.25, -0.2) is 0 Å². The molecule has 0 radical (unpaired) electrons. The minimum atomic E-state index is -0.461. The number of halogens is 2. The lowest BCUT2D eigenvalue weighted by atomic mass is 10.2. The second kappa shape index (κ2) is 5.66. The summed E-state index contributed by atoms with van der Waals surface area (Å²) in [5, 5.41) is 10.8. The topological polar surface area (TPSA) is 65.1 Å². The lowest BCUT2D eigenvalue weighted by Crippen LogP contribution is -2.20. The molecule has 0 atom stereocenters. The first-order valence-corrected chi connectivity index (χ1v) is 6.86. The average molecular weight is 388 g/mol. The van der Waals surface area contributed by atoms with E-state index in [0.29, 0.717) is 14.5 Å². The second-order valence-corrected chi connectivity index (χ2v) is 5.44. The van der Waals surface area contributed by atoms with Crippen molar-refractivity contribution in [1.82, 2.24) is 4.57 Å². The molecule has 5 nitrogen and oxygen atoms in total. The summed E-state index contributed by atoms with van der Waals surface area (Å²) >= 11 is 6.38. The summed E-state index contributed by atoms with van der Waals surface area (Å²) in [5.41, 5.74) is 0.482. The molecule has 0 bridgehead atoms. The predicted octanol–water partition coefficient (Wildman–Crippen LogP) is 3.33. The van der Waals surface area contributed by atoms with Crippen molar-refractivity contribution in [2.45, 2.75) is 6.54 Å². The number of nitrogens with zero attached hydrogens (tertiary/aromatic N) is 2. The third-order valence-electron chi connectivity index (χ3n) is 2.57. The van der Waals surface area contributed by atoms with Crippen LogP contribution in [0.3, 0.4) is 0 Å². The van der Waals surface area contributed by atoms with Crippen molar-refractivity contribution < 1.29 is 4.92 Å². The first-order valence-electron chi connectivity index (χ1n) is 5.27. The highest BCUT2D eigenvalue weighted by atomic mass is 79.9. The molecular formula is C12H8Br2N2O3. The van der Waals surface area contributed by atoms with E-state index >= 15 is 0 Å². The molecule has 19 heavy (non-hydrogen) atoms. The maximum absolute atomic E-state index is 11.9. The van der Waals surface area contributed by atoms with E-state index in [9.17, 15) is 14.9 Å². The molecular weight excluding hydrogens is 380 g/mol. The van der Waals surface area contributed by atoms with Crippen LogP contribution < -0.4 is 5.56 Å².